The quantitative estimate of drug-likeness (QED) is 0.374. The molecule has 0 saturated carbocycles. The van der Waals surface area contributed by atoms with E-state index in [2.05, 4.69) is 0 Å². The number of aromatic carboxylic acids is 1. The first-order chi connectivity index (χ1) is 12.7. The third-order valence-electron chi connectivity index (χ3n) is 3.92. The van der Waals surface area contributed by atoms with Crippen LogP contribution in [0, 0.1) is 12.3 Å². The van der Waals surface area contributed by atoms with Crippen molar-refractivity contribution in [2.75, 3.05) is 19.8 Å². The molecule has 0 saturated heterocycles. The highest BCUT2D eigenvalue weighted by Gasteiger charge is 2.34. The van der Waals surface area contributed by atoms with E-state index in [4.69, 9.17) is 26.2 Å². The first kappa shape index (κ1) is 22.1. The molecule has 146 valence electrons. The van der Waals surface area contributed by atoms with Gasteiger partial charge >= 0.3 is 23.9 Å². The summed E-state index contributed by atoms with van der Waals surface area (Å²) < 4.78 is 14.9. The Bertz CT molecular complexity index is 697. The number of hydrogen-bond donors (Lipinski definition) is 1. The number of carboxylic acid groups (broad SMARTS) is 1. The van der Waals surface area contributed by atoms with E-state index in [0.717, 1.165) is 0 Å². The minimum Gasteiger partial charge on any atom is -0.478 e. The third kappa shape index (κ3) is 6.40. The Balaban J connectivity index is 2.53. The SMILES string of the molecule is [CH]CC(=O)OCC(C)(CC)C(=O)OCCOC(=O)c1ccccc1C(=O)O. The zero-order valence-corrected chi connectivity index (χ0v) is 15.2. The van der Waals surface area contributed by atoms with Gasteiger partial charge in [-0.15, -0.1) is 0 Å². The van der Waals surface area contributed by atoms with Gasteiger partial charge in [0.2, 0.25) is 0 Å². The molecule has 0 aromatic heterocycles. The summed E-state index contributed by atoms with van der Waals surface area (Å²) in [4.78, 5) is 46.4. The van der Waals surface area contributed by atoms with Gasteiger partial charge in [-0.3, -0.25) is 9.59 Å². The maximum Gasteiger partial charge on any atom is 0.339 e. The molecule has 1 rings (SSSR count). The zero-order chi connectivity index (χ0) is 20.4. The Labute approximate surface area is 157 Å². The fourth-order valence-electron chi connectivity index (χ4n) is 1.97. The minimum absolute atomic E-state index is 0.0941. The lowest BCUT2D eigenvalue weighted by atomic mass is 9.89. The van der Waals surface area contributed by atoms with Gasteiger partial charge in [0.25, 0.3) is 0 Å². The Morgan fingerprint density at radius 3 is 2.19 bits per heavy atom. The highest BCUT2D eigenvalue weighted by Crippen LogP contribution is 2.23. The molecule has 1 atom stereocenters. The molecule has 0 aliphatic carbocycles. The average molecular weight is 378 g/mol. The second-order valence-electron chi connectivity index (χ2n) is 5.90. The van der Waals surface area contributed by atoms with Crippen molar-refractivity contribution in [3.05, 3.63) is 42.3 Å². The molecule has 1 aromatic carbocycles. The van der Waals surface area contributed by atoms with Gasteiger partial charge in [0.15, 0.2) is 0 Å². The third-order valence-corrected chi connectivity index (χ3v) is 3.92. The molecule has 1 N–H and O–H groups in total. The summed E-state index contributed by atoms with van der Waals surface area (Å²) in [7, 11) is 0. The summed E-state index contributed by atoms with van der Waals surface area (Å²) >= 11 is 0. The molecule has 0 heterocycles. The zero-order valence-electron chi connectivity index (χ0n) is 15.2. The van der Waals surface area contributed by atoms with Crippen LogP contribution in [0.25, 0.3) is 0 Å². The average Bonchev–Trinajstić information content (AvgIpc) is 2.68. The number of ether oxygens (including phenoxy) is 3. The molecule has 0 aliphatic heterocycles. The molecule has 8 nitrogen and oxygen atoms in total. The Morgan fingerprint density at radius 2 is 1.63 bits per heavy atom. The number of carbonyl (C=O) groups excluding carboxylic acids is 3. The van der Waals surface area contributed by atoms with Crippen LogP contribution in [0.5, 0.6) is 0 Å². The predicted molar refractivity (Wildman–Crippen MR) is 92.9 cm³/mol. The lowest BCUT2D eigenvalue weighted by Crippen LogP contribution is -2.35. The Morgan fingerprint density at radius 1 is 1.04 bits per heavy atom. The first-order valence-electron chi connectivity index (χ1n) is 8.27. The van der Waals surface area contributed by atoms with Crippen LogP contribution in [0.2, 0.25) is 0 Å². The van der Waals surface area contributed by atoms with Crippen LogP contribution in [-0.2, 0) is 23.8 Å². The van der Waals surface area contributed by atoms with Gasteiger partial charge < -0.3 is 19.3 Å². The van der Waals surface area contributed by atoms with Crippen LogP contribution in [0.4, 0.5) is 0 Å². The van der Waals surface area contributed by atoms with Crippen LogP contribution >= 0.6 is 0 Å². The minimum atomic E-state index is -1.25. The molecular formula is C19H22O8. The lowest BCUT2D eigenvalue weighted by molar-refractivity contribution is -0.163. The predicted octanol–water partition coefficient (Wildman–Crippen LogP) is 2.15. The van der Waals surface area contributed by atoms with E-state index in [1.54, 1.807) is 13.8 Å². The van der Waals surface area contributed by atoms with Crippen molar-refractivity contribution < 1.29 is 38.5 Å². The summed E-state index contributed by atoms with van der Waals surface area (Å²) in [5, 5.41) is 9.06. The molecule has 0 aliphatic rings. The maximum absolute atomic E-state index is 12.2. The summed E-state index contributed by atoms with van der Waals surface area (Å²) in [5.74, 6) is -3.33. The van der Waals surface area contributed by atoms with Crippen molar-refractivity contribution in [2.45, 2.75) is 26.7 Å². The number of benzene rings is 1. The topological polar surface area (TPSA) is 116 Å². The molecule has 0 amide bonds. The number of hydrogen-bond acceptors (Lipinski definition) is 7. The lowest BCUT2D eigenvalue weighted by Gasteiger charge is -2.25. The second kappa shape index (κ2) is 10.3. The normalized spacial score (nSPS) is 12.6. The van der Waals surface area contributed by atoms with E-state index in [0.29, 0.717) is 6.42 Å². The van der Waals surface area contributed by atoms with Gasteiger partial charge in [-0.25, -0.2) is 9.59 Å². The molecule has 27 heavy (non-hydrogen) atoms. The van der Waals surface area contributed by atoms with E-state index >= 15 is 0 Å². The van der Waals surface area contributed by atoms with Crippen molar-refractivity contribution in [3.63, 3.8) is 0 Å². The molecule has 2 radical (unpaired) electrons. The van der Waals surface area contributed by atoms with Crippen molar-refractivity contribution in [1.29, 1.82) is 0 Å². The van der Waals surface area contributed by atoms with Gasteiger partial charge in [0.05, 0.1) is 16.5 Å². The monoisotopic (exact) mass is 378 g/mol. The van der Waals surface area contributed by atoms with E-state index in [-0.39, 0.29) is 37.4 Å². The van der Waals surface area contributed by atoms with E-state index in [9.17, 15) is 19.2 Å². The summed E-state index contributed by atoms with van der Waals surface area (Å²) in [5.41, 5.74) is -1.33. The van der Waals surface area contributed by atoms with Crippen molar-refractivity contribution in [1.82, 2.24) is 0 Å². The number of carbonyl (C=O) groups is 4. The molecule has 0 fully saturated rings. The molecule has 1 aromatic rings. The van der Waals surface area contributed by atoms with Gasteiger partial charge in [0.1, 0.15) is 19.8 Å². The van der Waals surface area contributed by atoms with E-state index < -0.39 is 29.3 Å². The number of rotatable bonds is 10. The van der Waals surface area contributed by atoms with Crippen LogP contribution in [0.3, 0.4) is 0 Å². The largest absolute Gasteiger partial charge is 0.478 e. The second-order valence-corrected chi connectivity index (χ2v) is 5.90. The summed E-state index contributed by atoms with van der Waals surface area (Å²) in [6.45, 7) is 7.81. The van der Waals surface area contributed by atoms with Gasteiger partial charge in [-0.2, -0.15) is 0 Å². The molecule has 0 bridgehead atoms. The Hall–Kier alpha value is -2.90. The number of esters is 3. The number of carboxylic acids is 1. The van der Waals surface area contributed by atoms with Gasteiger partial charge in [0, 0.05) is 6.42 Å². The van der Waals surface area contributed by atoms with Crippen LogP contribution < -0.4 is 0 Å². The van der Waals surface area contributed by atoms with Crippen LogP contribution in [0.1, 0.15) is 47.4 Å². The van der Waals surface area contributed by atoms with E-state index in [1.807, 2.05) is 0 Å². The molecular weight excluding hydrogens is 356 g/mol. The van der Waals surface area contributed by atoms with Gasteiger partial charge in [-0.05, 0) is 32.4 Å². The fourth-order valence-corrected chi connectivity index (χ4v) is 1.97. The van der Waals surface area contributed by atoms with E-state index in [1.165, 1.54) is 24.3 Å². The summed E-state index contributed by atoms with van der Waals surface area (Å²) in [6, 6.07) is 5.62. The Kier molecular flexibility index (Phi) is 8.44. The fraction of sp³-hybridized carbons (Fsp3) is 0.421. The first-order valence-corrected chi connectivity index (χ1v) is 8.27. The van der Waals surface area contributed by atoms with Gasteiger partial charge in [-0.1, -0.05) is 19.1 Å². The van der Waals surface area contributed by atoms with Crippen molar-refractivity contribution in [3.8, 4) is 0 Å². The smallest absolute Gasteiger partial charge is 0.339 e. The van der Waals surface area contributed by atoms with Crippen LogP contribution in [-0.4, -0.2) is 48.8 Å². The molecule has 0 spiro atoms. The van der Waals surface area contributed by atoms with Crippen molar-refractivity contribution >= 4 is 23.9 Å². The van der Waals surface area contributed by atoms with Crippen LogP contribution in [0.15, 0.2) is 24.3 Å². The maximum atomic E-state index is 12.2. The molecule has 1 unspecified atom stereocenters. The summed E-state index contributed by atoms with van der Waals surface area (Å²) in [6.07, 6.45) is 0.0675. The van der Waals surface area contributed by atoms with Crippen molar-refractivity contribution in [2.24, 2.45) is 5.41 Å². The standard InChI is InChI=1S/C19H22O8/c1-4-15(20)27-12-19(3,5-2)18(24)26-11-10-25-17(23)14-9-7-6-8-13(14)16(21)22/h1,6-9H,4-5,10-12H2,2-3H3,(H,21,22). The molecule has 8 heteroatoms. The highest BCUT2D eigenvalue weighted by atomic mass is 16.6. The highest BCUT2D eigenvalue weighted by molar-refractivity contribution is 6.02.